The molecule has 0 amide bonds. The van der Waals surface area contributed by atoms with Gasteiger partial charge in [-0.05, 0) is 47.9 Å². The van der Waals surface area contributed by atoms with E-state index in [9.17, 15) is 9.90 Å². The highest BCUT2D eigenvalue weighted by atomic mass is 16.5. The van der Waals surface area contributed by atoms with Crippen molar-refractivity contribution < 1.29 is 14.6 Å². The zero-order valence-corrected chi connectivity index (χ0v) is 15.4. The Morgan fingerprint density at radius 1 is 1.16 bits per heavy atom. The Labute approximate surface area is 149 Å². The molecule has 2 N–H and O–H groups in total. The number of carbonyl (C=O) groups is 1. The third-order valence-electron chi connectivity index (χ3n) is 4.03. The first-order valence-electron chi connectivity index (χ1n) is 8.18. The molecule has 0 atom stereocenters. The number of allylic oxidation sites excluding steroid dienone is 1. The van der Waals surface area contributed by atoms with Crippen molar-refractivity contribution in [1.29, 1.82) is 0 Å². The first-order chi connectivity index (χ1) is 11.8. The van der Waals surface area contributed by atoms with Gasteiger partial charge in [0, 0.05) is 35.5 Å². The lowest BCUT2D eigenvalue weighted by Crippen LogP contribution is -2.11. The fraction of sp³-hybridized carbons (Fsp3) is 0.286. The van der Waals surface area contributed by atoms with Gasteiger partial charge in [-0.1, -0.05) is 20.8 Å². The summed E-state index contributed by atoms with van der Waals surface area (Å²) in [5.41, 5.74) is 2.91. The average molecular weight is 339 g/mol. The van der Waals surface area contributed by atoms with Crippen molar-refractivity contribution in [1.82, 2.24) is 0 Å². The minimum Gasteiger partial charge on any atom is -0.508 e. The van der Waals surface area contributed by atoms with E-state index in [0.29, 0.717) is 11.3 Å². The van der Waals surface area contributed by atoms with E-state index in [4.69, 9.17) is 4.74 Å². The third kappa shape index (κ3) is 4.41. The average Bonchev–Trinajstić information content (AvgIpc) is 2.59. The van der Waals surface area contributed by atoms with Crippen LogP contribution < -0.4 is 10.1 Å². The van der Waals surface area contributed by atoms with Crippen molar-refractivity contribution >= 4 is 17.5 Å². The van der Waals surface area contributed by atoms with Crippen molar-refractivity contribution in [2.45, 2.75) is 26.2 Å². The molecule has 0 radical (unpaired) electrons. The summed E-state index contributed by atoms with van der Waals surface area (Å²) in [6.45, 7) is 6.07. The van der Waals surface area contributed by atoms with E-state index in [-0.39, 0.29) is 16.9 Å². The van der Waals surface area contributed by atoms with Gasteiger partial charge >= 0.3 is 0 Å². The number of aromatic hydroxyl groups is 1. The van der Waals surface area contributed by atoms with Crippen molar-refractivity contribution in [3.63, 3.8) is 0 Å². The minimum absolute atomic E-state index is 0.0879. The van der Waals surface area contributed by atoms with Gasteiger partial charge in [-0.3, -0.25) is 4.79 Å². The van der Waals surface area contributed by atoms with E-state index >= 15 is 0 Å². The molecule has 2 rings (SSSR count). The van der Waals surface area contributed by atoms with E-state index < -0.39 is 0 Å². The van der Waals surface area contributed by atoms with Crippen LogP contribution in [0.3, 0.4) is 0 Å². The zero-order chi connectivity index (χ0) is 18.6. The summed E-state index contributed by atoms with van der Waals surface area (Å²) in [5, 5.41) is 13.2. The number of hydrogen-bond acceptors (Lipinski definition) is 4. The predicted molar refractivity (Wildman–Crippen MR) is 103 cm³/mol. The number of rotatable bonds is 5. The van der Waals surface area contributed by atoms with Crippen LogP contribution in [0.1, 0.15) is 42.3 Å². The maximum absolute atomic E-state index is 12.4. The fourth-order valence-corrected chi connectivity index (χ4v) is 2.56. The smallest absolute Gasteiger partial charge is 0.185 e. The largest absolute Gasteiger partial charge is 0.508 e. The number of ketones is 1. The molecule has 0 aliphatic rings. The van der Waals surface area contributed by atoms with E-state index in [2.05, 4.69) is 5.32 Å². The lowest BCUT2D eigenvalue weighted by Gasteiger charge is -2.22. The second-order valence-electron chi connectivity index (χ2n) is 6.89. The standard InChI is InChI=1S/C21H25NO3/c1-21(2,3)17-12-15(20(25-5)13-19(17)24)8-11-18(23)14-6-9-16(22-4)10-7-14/h6-13,22,24H,1-5H3. The molecule has 0 aliphatic carbocycles. The number of phenols is 1. The number of phenolic OH excluding ortho intramolecular Hbond substituents is 1. The molecule has 0 unspecified atom stereocenters. The molecule has 4 nitrogen and oxygen atoms in total. The maximum Gasteiger partial charge on any atom is 0.185 e. The molecule has 2 aromatic rings. The molecule has 0 spiro atoms. The molecule has 0 fully saturated rings. The molecule has 0 aromatic heterocycles. The van der Waals surface area contributed by atoms with Gasteiger partial charge in [-0.2, -0.15) is 0 Å². The number of benzene rings is 2. The zero-order valence-electron chi connectivity index (χ0n) is 15.4. The molecular formula is C21H25NO3. The Kier molecular flexibility index (Phi) is 5.52. The summed E-state index contributed by atoms with van der Waals surface area (Å²) in [4.78, 5) is 12.4. The summed E-state index contributed by atoms with van der Waals surface area (Å²) in [7, 11) is 3.38. The van der Waals surface area contributed by atoms with Gasteiger partial charge in [0.2, 0.25) is 0 Å². The van der Waals surface area contributed by atoms with Crippen molar-refractivity contribution in [3.05, 3.63) is 59.2 Å². The lowest BCUT2D eigenvalue weighted by molar-refractivity contribution is 0.104. The Bertz CT molecular complexity index is 784. The second-order valence-corrected chi connectivity index (χ2v) is 6.89. The van der Waals surface area contributed by atoms with Crippen LogP contribution in [0, 0.1) is 0 Å². The monoisotopic (exact) mass is 339 g/mol. The summed E-state index contributed by atoms with van der Waals surface area (Å²) >= 11 is 0. The molecular weight excluding hydrogens is 314 g/mol. The minimum atomic E-state index is -0.216. The molecule has 4 heteroatoms. The van der Waals surface area contributed by atoms with Crippen molar-refractivity contribution in [2.75, 3.05) is 19.5 Å². The van der Waals surface area contributed by atoms with Crippen LogP contribution in [0.2, 0.25) is 0 Å². The highest BCUT2D eigenvalue weighted by Gasteiger charge is 2.20. The molecule has 132 valence electrons. The first kappa shape index (κ1) is 18.6. The third-order valence-corrected chi connectivity index (χ3v) is 4.03. The second kappa shape index (κ2) is 7.43. The van der Waals surface area contributed by atoms with Crippen LogP contribution in [0.4, 0.5) is 5.69 Å². The molecule has 0 bridgehead atoms. The van der Waals surface area contributed by atoms with Crippen LogP contribution in [0.15, 0.2) is 42.5 Å². The number of hydrogen-bond donors (Lipinski definition) is 2. The lowest BCUT2D eigenvalue weighted by atomic mass is 9.85. The number of carbonyl (C=O) groups excluding carboxylic acids is 1. The van der Waals surface area contributed by atoms with E-state index in [1.807, 2.05) is 46.0 Å². The van der Waals surface area contributed by atoms with Crippen LogP contribution in [-0.4, -0.2) is 25.0 Å². The highest BCUT2D eigenvalue weighted by Crippen LogP contribution is 2.36. The molecule has 0 saturated carbocycles. The molecule has 2 aromatic carbocycles. The van der Waals surface area contributed by atoms with Crippen LogP contribution in [0.25, 0.3) is 6.08 Å². The van der Waals surface area contributed by atoms with E-state index in [1.165, 1.54) is 6.08 Å². The maximum atomic E-state index is 12.4. The Morgan fingerprint density at radius 3 is 2.32 bits per heavy atom. The normalized spacial score (nSPS) is 11.6. The van der Waals surface area contributed by atoms with E-state index in [1.54, 1.807) is 31.4 Å². The van der Waals surface area contributed by atoms with Gasteiger partial charge in [-0.25, -0.2) is 0 Å². The Balaban J connectivity index is 2.34. The van der Waals surface area contributed by atoms with Crippen LogP contribution >= 0.6 is 0 Å². The summed E-state index contributed by atoms with van der Waals surface area (Å²) in [5.74, 6) is 0.630. The highest BCUT2D eigenvalue weighted by molar-refractivity contribution is 6.07. The topological polar surface area (TPSA) is 58.6 Å². The molecule has 25 heavy (non-hydrogen) atoms. The number of methoxy groups -OCH3 is 1. The van der Waals surface area contributed by atoms with E-state index in [0.717, 1.165) is 16.8 Å². The first-order valence-corrected chi connectivity index (χ1v) is 8.18. The number of anilines is 1. The van der Waals surface area contributed by atoms with Gasteiger partial charge in [-0.15, -0.1) is 0 Å². The van der Waals surface area contributed by atoms with Crippen molar-refractivity contribution in [2.24, 2.45) is 0 Å². The Morgan fingerprint density at radius 2 is 1.80 bits per heavy atom. The van der Waals surface area contributed by atoms with Crippen LogP contribution in [-0.2, 0) is 5.41 Å². The SMILES string of the molecule is CNc1ccc(C(=O)C=Cc2cc(C(C)(C)C)c(O)cc2OC)cc1. The van der Waals surface area contributed by atoms with Crippen LogP contribution in [0.5, 0.6) is 11.5 Å². The Hall–Kier alpha value is -2.75. The van der Waals surface area contributed by atoms with Gasteiger partial charge in [0.05, 0.1) is 7.11 Å². The summed E-state index contributed by atoms with van der Waals surface area (Å²) in [6.07, 6.45) is 3.25. The number of ether oxygens (including phenoxy) is 1. The molecule has 0 heterocycles. The molecule has 0 aliphatic heterocycles. The van der Waals surface area contributed by atoms with Gasteiger partial charge in [0.1, 0.15) is 11.5 Å². The van der Waals surface area contributed by atoms with Gasteiger partial charge < -0.3 is 15.2 Å². The summed E-state index contributed by atoms with van der Waals surface area (Å²) in [6, 6.07) is 10.7. The quantitative estimate of drug-likeness (QED) is 0.615. The predicted octanol–water partition coefficient (Wildman–Crippen LogP) is 4.64. The summed E-state index contributed by atoms with van der Waals surface area (Å²) < 4.78 is 5.33. The van der Waals surface area contributed by atoms with Crippen molar-refractivity contribution in [3.8, 4) is 11.5 Å². The van der Waals surface area contributed by atoms with Gasteiger partial charge in [0.25, 0.3) is 0 Å². The van der Waals surface area contributed by atoms with Gasteiger partial charge in [0.15, 0.2) is 5.78 Å². The molecule has 0 saturated heterocycles. The fourth-order valence-electron chi connectivity index (χ4n) is 2.56. The number of nitrogens with one attached hydrogen (secondary N) is 1.